The number of ether oxygens (including phenoxy) is 2. The fourth-order valence-corrected chi connectivity index (χ4v) is 1.41. The van der Waals surface area contributed by atoms with E-state index in [9.17, 15) is 0 Å². The third-order valence-corrected chi connectivity index (χ3v) is 2.26. The van der Waals surface area contributed by atoms with Crippen LogP contribution in [0.3, 0.4) is 0 Å². The van der Waals surface area contributed by atoms with Crippen LogP contribution in [-0.4, -0.2) is 12.1 Å². The summed E-state index contributed by atoms with van der Waals surface area (Å²) in [5.74, 6) is 1.30. The molecule has 90 valence electrons. The minimum atomic E-state index is 0.301. The van der Waals surface area contributed by atoms with Crippen molar-refractivity contribution >= 4 is 5.69 Å². The van der Waals surface area contributed by atoms with Crippen molar-refractivity contribution in [3.63, 3.8) is 0 Å². The first-order valence-electron chi connectivity index (χ1n) is 5.20. The van der Waals surface area contributed by atoms with Gasteiger partial charge < -0.3 is 15.2 Å². The van der Waals surface area contributed by atoms with Crippen LogP contribution >= 0.6 is 0 Å². The van der Waals surface area contributed by atoms with Crippen molar-refractivity contribution in [3.05, 3.63) is 42.1 Å². The Balaban J connectivity index is 2.35. The molecule has 2 aromatic rings. The van der Waals surface area contributed by atoms with E-state index in [2.05, 4.69) is 4.98 Å². The molecule has 2 rings (SSSR count). The summed E-state index contributed by atoms with van der Waals surface area (Å²) in [5.41, 5.74) is 6.60. The van der Waals surface area contributed by atoms with Crippen LogP contribution in [0.1, 0.15) is 5.56 Å². The SMILES string of the molecule is COc1cc(C#N)cc(Oc2ncccc2N)c1. The number of hydrogen-bond acceptors (Lipinski definition) is 5. The predicted molar refractivity (Wildman–Crippen MR) is 66.4 cm³/mol. The molecule has 0 radical (unpaired) electrons. The largest absolute Gasteiger partial charge is 0.497 e. The van der Waals surface area contributed by atoms with E-state index >= 15 is 0 Å². The highest BCUT2D eigenvalue weighted by Gasteiger charge is 2.06. The van der Waals surface area contributed by atoms with E-state index in [0.717, 1.165) is 0 Å². The summed E-state index contributed by atoms with van der Waals surface area (Å²) in [4.78, 5) is 4.01. The average molecular weight is 241 g/mol. The number of anilines is 1. The topological polar surface area (TPSA) is 81.2 Å². The van der Waals surface area contributed by atoms with E-state index in [1.165, 1.54) is 7.11 Å². The lowest BCUT2D eigenvalue weighted by Gasteiger charge is -2.08. The zero-order valence-corrected chi connectivity index (χ0v) is 9.75. The number of nitriles is 1. The number of benzene rings is 1. The molecule has 18 heavy (non-hydrogen) atoms. The van der Waals surface area contributed by atoms with Crippen molar-refractivity contribution in [2.75, 3.05) is 12.8 Å². The highest BCUT2D eigenvalue weighted by atomic mass is 16.5. The van der Waals surface area contributed by atoms with Crippen molar-refractivity contribution in [3.8, 4) is 23.4 Å². The van der Waals surface area contributed by atoms with Gasteiger partial charge in [0.15, 0.2) is 0 Å². The van der Waals surface area contributed by atoms with Gasteiger partial charge in [0.2, 0.25) is 5.88 Å². The second-order valence-corrected chi connectivity index (χ2v) is 3.51. The van der Waals surface area contributed by atoms with Gasteiger partial charge in [0, 0.05) is 12.3 Å². The Morgan fingerprint density at radius 1 is 1.28 bits per heavy atom. The molecule has 0 aliphatic heterocycles. The summed E-state index contributed by atoms with van der Waals surface area (Å²) in [6.07, 6.45) is 1.58. The van der Waals surface area contributed by atoms with Gasteiger partial charge in [-0.1, -0.05) is 0 Å². The molecule has 0 fully saturated rings. The van der Waals surface area contributed by atoms with Gasteiger partial charge in [-0.15, -0.1) is 0 Å². The molecule has 0 unspecified atom stereocenters. The highest BCUT2D eigenvalue weighted by Crippen LogP contribution is 2.28. The number of aromatic nitrogens is 1. The Hall–Kier alpha value is -2.74. The molecule has 1 aromatic heterocycles. The lowest BCUT2D eigenvalue weighted by atomic mass is 10.2. The van der Waals surface area contributed by atoms with Crippen LogP contribution in [0.2, 0.25) is 0 Å². The van der Waals surface area contributed by atoms with Gasteiger partial charge in [0.05, 0.1) is 24.4 Å². The molecule has 0 aliphatic carbocycles. The highest BCUT2D eigenvalue weighted by molar-refractivity contribution is 5.51. The second kappa shape index (κ2) is 5.06. The molecule has 0 saturated carbocycles. The third kappa shape index (κ3) is 2.50. The van der Waals surface area contributed by atoms with Crippen LogP contribution in [0.5, 0.6) is 17.4 Å². The molecule has 0 spiro atoms. The molecule has 1 aromatic carbocycles. The van der Waals surface area contributed by atoms with Crippen LogP contribution in [0.25, 0.3) is 0 Å². The first-order valence-corrected chi connectivity index (χ1v) is 5.20. The zero-order valence-electron chi connectivity index (χ0n) is 9.75. The number of nitrogen functional groups attached to an aromatic ring is 1. The van der Waals surface area contributed by atoms with E-state index in [4.69, 9.17) is 20.5 Å². The summed E-state index contributed by atoms with van der Waals surface area (Å²) in [7, 11) is 1.52. The molecular weight excluding hydrogens is 230 g/mol. The molecule has 0 saturated heterocycles. The van der Waals surface area contributed by atoms with E-state index in [-0.39, 0.29) is 0 Å². The van der Waals surface area contributed by atoms with Gasteiger partial charge in [-0.25, -0.2) is 4.98 Å². The fraction of sp³-hybridized carbons (Fsp3) is 0.0769. The molecular formula is C13H11N3O2. The Kier molecular flexibility index (Phi) is 3.30. The maximum atomic E-state index is 8.90. The summed E-state index contributed by atoms with van der Waals surface area (Å²) >= 11 is 0. The Morgan fingerprint density at radius 2 is 2.06 bits per heavy atom. The fourth-order valence-electron chi connectivity index (χ4n) is 1.41. The van der Waals surface area contributed by atoms with Crippen LogP contribution in [0.4, 0.5) is 5.69 Å². The lowest BCUT2D eigenvalue weighted by Crippen LogP contribution is -1.95. The van der Waals surface area contributed by atoms with E-state index < -0.39 is 0 Å². The number of nitrogens with zero attached hydrogens (tertiary/aromatic N) is 2. The van der Waals surface area contributed by atoms with Gasteiger partial charge in [-0.3, -0.25) is 0 Å². The number of pyridine rings is 1. The minimum Gasteiger partial charge on any atom is -0.497 e. The second-order valence-electron chi connectivity index (χ2n) is 3.51. The number of nitrogens with two attached hydrogens (primary N) is 1. The Bertz CT molecular complexity index is 605. The maximum Gasteiger partial charge on any atom is 0.242 e. The van der Waals surface area contributed by atoms with Crippen molar-refractivity contribution in [2.24, 2.45) is 0 Å². The number of hydrogen-bond donors (Lipinski definition) is 1. The molecule has 0 aliphatic rings. The molecule has 0 atom stereocenters. The Labute approximate surface area is 104 Å². The minimum absolute atomic E-state index is 0.301. The van der Waals surface area contributed by atoms with Crippen LogP contribution in [-0.2, 0) is 0 Å². The summed E-state index contributed by atoms with van der Waals surface area (Å²) in [5, 5.41) is 8.90. The maximum absolute atomic E-state index is 8.90. The third-order valence-electron chi connectivity index (χ3n) is 2.26. The monoisotopic (exact) mass is 241 g/mol. The van der Waals surface area contributed by atoms with Crippen LogP contribution in [0.15, 0.2) is 36.5 Å². The van der Waals surface area contributed by atoms with E-state index in [0.29, 0.717) is 28.6 Å². The van der Waals surface area contributed by atoms with Crippen LogP contribution in [0, 0.1) is 11.3 Å². The lowest BCUT2D eigenvalue weighted by molar-refractivity contribution is 0.407. The van der Waals surface area contributed by atoms with Crippen molar-refractivity contribution in [1.29, 1.82) is 5.26 Å². The molecule has 0 bridgehead atoms. The molecule has 1 heterocycles. The quantitative estimate of drug-likeness (QED) is 0.891. The number of rotatable bonds is 3. The van der Waals surface area contributed by atoms with E-state index in [1.54, 1.807) is 36.5 Å². The normalized spacial score (nSPS) is 9.56. The van der Waals surface area contributed by atoms with Crippen molar-refractivity contribution < 1.29 is 9.47 Å². The zero-order chi connectivity index (χ0) is 13.0. The van der Waals surface area contributed by atoms with E-state index in [1.807, 2.05) is 6.07 Å². The van der Waals surface area contributed by atoms with Gasteiger partial charge in [-0.05, 0) is 24.3 Å². The first kappa shape index (κ1) is 11.7. The van der Waals surface area contributed by atoms with Crippen molar-refractivity contribution in [2.45, 2.75) is 0 Å². The van der Waals surface area contributed by atoms with Crippen LogP contribution < -0.4 is 15.2 Å². The molecule has 2 N–H and O–H groups in total. The molecule has 5 nitrogen and oxygen atoms in total. The first-order chi connectivity index (χ1) is 8.72. The smallest absolute Gasteiger partial charge is 0.242 e. The standard InChI is InChI=1S/C13H11N3O2/c1-17-10-5-9(8-14)6-11(7-10)18-13-12(15)3-2-4-16-13/h2-7H,15H2,1H3. The molecule has 5 heteroatoms. The summed E-state index contributed by atoms with van der Waals surface area (Å²) in [6, 6.07) is 10.3. The van der Waals surface area contributed by atoms with Gasteiger partial charge in [0.1, 0.15) is 11.5 Å². The average Bonchev–Trinajstić information content (AvgIpc) is 2.41. The van der Waals surface area contributed by atoms with Gasteiger partial charge >= 0.3 is 0 Å². The Morgan fingerprint density at radius 3 is 2.72 bits per heavy atom. The summed E-state index contributed by atoms with van der Waals surface area (Å²) in [6.45, 7) is 0. The summed E-state index contributed by atoms with van der Waals surface area (Å²) < 4.78 is 10.6. The molecule has 0 amide bonds. The predicted octanol–water partition coefficient (Wildman–Crippen LogP) is 2.34. The van der Waals surface area contributed by atoms with Gasteiger partial charge in [-0.2, -0.15) is 5.26 Å². The van der Waals surface area contributed by atoms with Crippen molar-refractivity contribution in [1.82, 2.24) is 4.98 Å². The number of methoxy groups -OCH3 is 1. The van der Waals surface area contributed by atoms with Gasteiger partial charge in [0.25, 0.3) is 0 Å².